The molecule has 39 heavy (non-hydrogen) atoms. The molecule has 0 aliphatic carbocycles. The first-order valence-corrected chi connectivity index (χ1v) is 12.3. The molecule has 0 bridgehead atoms. The van der Waals surface area contributed by atoms with Crippen molar-refractivity contribution in [2.45, 2.75) is 26.8 Å². The van der Waals surface area contributed by atoms with E-state index in [9.17, 15) is 14.9 Å². The van der Waals surface area contributed by atoms with E-state index in [1.54, 1.807) is 55.7 Å². The predicted octanol–water partition coefficient (Wildman–Crippen LogP) is 5.66. The first kappa shape index (κ1) is 25.6. The van der Waals surface area contributed by atoms with Crippen molar-refractivity contribution in [3.8, 4) is 28.9 Å². The molecule has 0 aliphatic rings. The van der Waals surface area contributed by atoms with Crippen molar-refractivity contribution < 1.29 is 8.94 Å². The van der Waals surface area contributed by atoms with Crippen molar-refractivity contribution >= 4 is 33.8 Å². The first-order chi connectivity index (χ1) is 18.8. The molecule has 194 valence electrons. The Morgan fingerprint density at radius 3 is 2.74 bits per heavy atom. The van der Waals surface area contributed by atoms with Gasteiger partial charge in [0.1, 0.15) is 22.2 Å². The van der Waals surface area contributed by atoms with Crippen LogP contribution in [0.2, 0.25) is 5.15 Å². The Labute approximate surface area is 226 Å². The van der Waals surface area contributed by atoms with Gasteiger partial charge in [0.15, 0.2) is 0 Å². The van der Waals surface area contributed by atoms with Gasteiger partial charge in [0.2, 0.25) is 11.3 Å². The summed E-state index contributed by atoms with van der Waals surface area (Å²) in [5.41, 5.74) is 3.29. The fourth-order valence-electron chi connectivity index (χ4n) is 4.38. The number of aromatic nitrogens is 4. The van der Waals surface area contributed by atoms with Gasteiger partial charge in [-0.1, -0.05) is 28.9 Å². The fraction of sp³-hybridized carbons (Fsp3) is 0.143. The number of rotatable bonds is 6. The van der Waals surface area contributed by atoms with E-state index in [0.717, 1.165) is 5.56 Å². The monoisotopic (exact) mass is 540 g/mol. The third kappa shape index (κ3) is 4.83. The summed E-state index contributed by atoms with van der Waals surface area (Å²) in [4.78, 5) is 36.4. The lowest BCUT2D eigenvalue weighted by atomic mass is 9.96. The van der Waals surface area contributed by atoms with E-state index in [2.05, 4.69) is 36.0 Å². The van der Waals surface area contributed by atoms with E-state index in [4.69, 9.17) is 16.0 Å². The van der Waals surface area contributed by atoms with Crippen LogP contribution < -0.4 is 16.5 Å². The van der Waals surface area contributed by atoms with Crippen molar-refractivity contribution in [1.29, 1.82) is 5.26 Å². The van der Waals surface area contributed by atoms with Crippen molar-refractivity contribution in [3.63, 3.8) is 0 Å². The van der Waals surface area contributed by atoms with Gasteiger partial charge in [-0.25, -0.2) is 9.78 Å². The van der Waals surface area contributed by atoms with E-state index in [-0.39, 0.29) is 39.0 Å². The highest BCUT2D eigenvalue weighted by atomic mass is 35.5. The summed E-state index contributed by atoms with van der Waals surface area (Å²) in [6.45, 7) is 5.46. The van der Waals surface area contributed by atoms with Gasteiger partial charge in [-0.15, -0.1) is 0 Å². The Morgan fingerprint density at radius 1 is 1.26 bits per heavy atom. The molecule has 0 aliphatic heterocycles. The second-order valence-corrected chi connectivity index (χ2v) is 9.15. The molecule has 1 atom stereocenters. The van der Waals surface area contributed by atoms with Crippen LogP contribution in [0.15, 0.2) is 73.4 Å². The molecule has 0 radical (unpaired) electrons. The number of hydrogen-bond acceptors (Lipinski definition) is 9. The minimum atomic E-state index is -0.728. The minimum absolute atomic E-state index is 0.108. The molecule has 1 aromatic carbocycles. The summed E-state index contributed by atoms with van der Waals surface area (Å²) >= 11 is 6.11. The summed E-state index contributed by atoms with van der Waals surface area (Å²) in [6.07, 6.45) is 4.78. The Balaban J connectivity index is 1.71. The number of fused-ring (bicyclic) bond motifs is 1. The van der Waals surface area contributed by atoms with E-state index in [0.29, 0.717) is 27.8 Å². The molecule has 4 heterocycles. The lowest BCUT2D eigenvalue weighted by Crippen LogP contribution is -2.14. The van der Waals surface area contributed by atoms with Gasteiger partial charge < -0.3 is 9.73 Å². The molecule has 0 amide bonds. The van der Waals surface area contributed by atoms with Crippen molar-refractivity contribution in [2.24, 2.45) is 0 Å². The average Bonchev–Trinajstić information content (AvgIpc) is 3.37. The highest BCUT2D eigenvalue weighted by Gasteiger charge is 2.24. The van der Waals surface area contributed by atoms with Crippen LogP contribution in [0.25, 0.3) is 39.4 Å². The number of aromatic amines is 1. The third-order valence-corrected chi connectivity index (χ3v) is 6.34. The van der Waals surface area contributed by atoms with E-state index in [1.807, 2.05) is 19.9 Å². The van der Waals surface area contributed by atoms with Crippen LogP contribution in [-0.4, -0.2) is 20.1 Å². The lowest BCUT2D eigenvalue weighted by Gasteiger charge is -2.20. The average molecular weight is 541 g/mol. The van der Waals surface area contributed by atoms with E-state index < -0.39 is 11.8 Å². The normalized spacial score (nSPS) is 12.3. The van der Waals surface area contributed by atoms with Gasteiger partial charge in [-0.2, -0.15) is 5.26 Å². The van der Waals surface area contributed by atoms with Crippen molar-refractivity contribution in [3.05, 3.63) is 97.5 Å². The zero-order valence-electron chi connectivity index (χ0n) is 21.1. The summed E-state index contributed by atoms with van der Waals surface area (Å²) in [6, 6.07) is 12.1. The molecule has 0 saturated heterocycles. The van der Waals surface area contributed by atoms with Crippen molar-refractivity contribution in [2.75, 3.05) is 5.32 Å². The van der Waals surface area contributed by atoms with E-state index in [1.165, 1.54) is 0 Å². The summed E-state index contributed by atoms with van der Waals surface area (Å²) in [7, 11) is 0. The van der Waals surface area contributed by atoms with Gasteiger partial charge in [0.05, 0.1) is 34.3 Å². The highest BCUT2D eigenvalue weighted by Crippen LogP contribution is 2.35. The number of nitrogens with zero attached hydrogens (tertiary/aromatic N) is 4. The molecule has 2 N–H and O–H groups in total. The molecule has 5 aromatic rings. The number of benzene rings is 1. The molecule has 0 saturated carbocycles. The van der Waals surface area contributed by atoms with Crippen LogP contribution in [0.5, 0.6) is 0 Å². The van der Waals surface area contributed by atoms with Gasteiger partial charge in [-0.3, -0.25) is 19.3 Å². The molecule has 4 aromatic heterocycles. The number of H-pyrrole nitrogens is 1. The largest absolute Gasteiger partial charge is 0.455 e. The first-order valence-electron chi connectivity index (χ1n) is 11.9. The summed E-state index contributed by atoms with van der Waals surface area (Å²) in [5.74, 6) is -0.368. The van der Waals surface area contributed by atoms with Gasteiger partial charge >= 0.3 is 5.76 Å². The van der Waals surface area contributed by atoms with Gasteiger partial charge in [0.25, 0.3) is 0 Å². The van der Waals surface area contributed by atoms with Crippen LogP contribution in [0, 0.1) is 18.3 Å². The topological polar surface area (TPSA) is 151 Å². The zero-order valence-corrected chi connectivity index (χ0v) is 21.8. The molecule has 11 heteroatoms. The van der Waals surface area contributed by atoms with Crippen LogP contribution in [0.4, 0.5) is 5.69 Å². The van der Waals surface area contributed by atoms with Crippen LogP contribution in [0.1, 0.15) is 36.6 Å². The van der Waals surface area contributed by atoms with Crippen LogP contribution in [-0.2, 0) is 0 Å². The molecule has 0 unspecified atom stereocenters. The molecule has 0 spiro atoms. The molecule has 10 nitrogen and oxygen atoms in total. The maximum Gasteiger partial charge on any atom is 0.439 e. The predicted molar refractivity (Wildman–Crippen MR) is 147 cm³/mol. The number of nitrogens with one attached hydrogen (secondary N) is 2. The lowest BCUT2D eigenvalue weighted by molar-refractivity contribution is 0.388. The molecular formula is C28H21ClN6O4. The second-order valence-electron chi connectivity index (χ2n) is 8.76. The number of halogens is 1. The van der Waals surface area contributed by atoms with E-state index >= 15 is 0 Å². The summed E-state index contributed by atoms with van der Waals surface area (Å²) < 4.78 is 11.1. The van der Waals surface area contributed by atoms with Gasteiger partial charge in [-0.05, 0) is 56.7 Å². The minimum Gasteiger partial charge on any atom is -0.455 e. The number of allylic oxidation sites excluding steroid dienone is 2. The molecule has 5 rings (SSSR count). The number of hydrogen-bond donors (Lipinski definition) is 2. The van der Waals surface area contributed by atoms with Crippen LogP contribution in [0.3, 0.4) is 0 Å². The second kappa shape index (κ2) is 10.4. The maximum atomic E-state index is 13.9. The Bertz CT molecular complexity index is 1900. The quantitative estimate of drug-likeness (QED) is 0.205. The smallest absolute Gasteiger partial charge is 0.439 e. The molecular weight excluding hydrogens is 520 g/mol. The maximum absolute atomic E-state index is 13.9. The van der Waals surface area contributed by atoms with Gasteiger partial charge in [0, 0.05) is 23.5 Å². The Morgan fingerprint density at radius 2 is 2.08 bits per heavy atom. The van der Waals surface area contributed by atoms with Crippen molar-refractivity contribution in [1.82, 2.24) is 20.1 Å². The Kier molecular flexibility index (Phi) is 6.83. The fourth-order valence-corrected chi connectivity index (χ4v) is 4.53. The number of nitriles is 1. The third-order valence-electron chi connectivity index (χ3n) is 6.13. The zero-order chi connectivity index (χ0) is 27.7. The summed E-state index contributed by atoms with van der Waals surface area (Å²) in [5, 5.41) is 17.4. The highest BCUT2D eigenvalue weighted by molar-refractivity contribution is 6.29. The number of pyridine rings is 2. The SMILES string of the molecule is C/C=C(\C#N)c1c(-c2cccnc2)oc2c([C@@H](C)Nc3ccc(Cl)nc3-c3noc(=O)[nH]3)cc(C)cc2c1=O. The standard InChI is InChI=1S/C28H21ClN6O4/c1-4-16(12-30)22-24(36)19-11-14(2)10-18(26(19)38-25(22)17-6-5-9-31-13-17)15(3)32-20-7-8-21(29)33-23(20)27-34-28(37)39-35-27/h4-11,13,15,32H,1-3H3,(H,34,35,37)/b16-4+/t15-/m1/s1. The van der Waals surface area contributed by atoms with Crippen LogP contribution >= 0.6 is 11.6 Å². The number of aryl methyl sites for hydroxylation is 1. The number of anilines is 1. The molecule has 0 fully saturated rings. The Hall–Kier alpha value is -5.01.